The minimum absolute atomic E-state index is 0.0519. The van der Waals surface area contributed by atoms with Crippen LogP contribution in [0.5, 0.6) is 0 Å². The third-order valence-electron chi connectivity index (χ3n) is 5.49. The summed E-state index contributed by atoms with van der Waals surface area (Å²) >= 11 is 0. The largest absolute Gasteiger partial charge is 0.466 e. The van der Waals surface area contributed by atoms with E-state index in [0.717, 1.165) is 24.1 Å². The zero-order valence-corrected chi connectivity index (χ0v) is 16.9. The molecule has 0 spiro atoms. The third kappa shape index (κ3) is 5.40. The van der Waals surface area contributed by atoms with Gasteiger partial charge in [-0.1, -0.05) is 18.2 Å². The van der Waals surface area contributed by atoms with E-state index in [9.17, 15) is 14.0 Å². The van der Waals surface area contributed by atoms with E-state index < -0.39 is 0 Å². The molecular weight excluding hydrogens is 371 g/mol. The van der Waals surface area contributed by atoms with Gasteiger partial charge in [0.1, 0.15) is 11.5 Å². The maximum atomic E-state index is 13.4. The van der Waals surface area contributed by atoms with Crippen molar-refractivity contribution in [3.05, 3.63) is 65.2 Å². The minimum atomic E-state index is -0.297. The molecule has 2 heterocycles. The van der Waals surface area contributed by atoms with E-state index in [4.69, 9.17) is 4.74 Å². The first-order chi connectivity index (χ1) is 14.0. The van der Waals surface area contributed by atoms with Crippen molar-refractivity contribution >= 4 is 11.9 Å². The fraction of sp³-hybridized carbons (Fsp3) is 0.435. The molecule has 1 aromatic heterocycles. The monoisotopic (exact) mass is 398 g/mol. The van der Waals surface area contributed by atoms with Crippen molar-refractivity contribution in [3.8, 4) is 0 Å². The number of carbonyl (C=O) groups is 2. The molecule has 0 saturated carbocycles. The zero-order chi connectivity index (χ0) is 20.8. The molecule has 1 aliphatic heterocycles. The fourth-order valence-electron chi connectivity index (χ4n) is 4.00. The number of carbonyl (C=O) groups excluding carboxylic acids is 2. The van der Waals surface area contributed by atoms with Gasteiger partial charge < -0.3 is 9.64 Å². The van der Waals surface area contributed by atoms with Crippen LogP contribution in [0.4, 0.5) is 4.39 Å². The van der Waals surface area contributed by atoms with Gasteiger partial charge in [0.15, 0.2) is 0 Å². The second-order valence-electron chi connectivity index (χ2n) is 7.46. The normalized spacial score (nSPS) is 15.8. The Bertz CT molecular complexity index is 845. The van der Waals surface area contributed by atoms with Gasteiger partial charge in [-0.05, 0) is 68.4 Å². The number of benzene rings is 1. The summed E-state index contributed by atoms with van der Waals surface area (Å²) in [6, 6.07) is 11.8. The molecule has 0 radical (unpaired) electrons. The maximum Gasteiger partial charge on any atom is 0.306 e. The van der Waals surface area contributed by atoms with E-state index in [-0.39, 0.29) is 36.0 Å². The maximum absolute atomic E-state index is 13.4. The first kappa shape index (κ1) is 21.0. The summed E-state index contributed by atoms with van der Waals surface area (Å²) in [5.74, 6) is -0.432. The number of piperidine rings is 1. The lowest BCUT2D eigenvalue weighted by Gasteiger charge is -2.36. The Kier molecular flexibility index (Phi) is 6.96. The lowest BCUT2D eigenvalue weighted by molar-refractivity contribution is -0.144. The van der Waals surface area contributed by atoms with E-state index in [1.165, 1.54) is 12.1 Å². The highest BCUT2D eigenvalue weighted by atomic mass is 19.1. The standard InChI is InChI=1S/C23H27FN2O3/c1-3-29-22(27)15-20(17-7-9-19(24)10-8-17)18-11-13-26(14-12-18)23(28)21-6-4-5-16(2)25-21/h4-10,18,20H,3,11-15H2,1-2H3/t20-/m1/s1. The molecule has 5 nitrogen and oxygen atoms in total. The van der Waals surface area contributed by atoms with E-state index in [1.807, 2.05) is 24.0 Å². The van der Waals surface area contributed by atoms with Gasteiger partial charge in [-0.3, -0.25) is 9.59 Å². The van der Waals surface area contributed by atoms with Crippen molar-refractivity contribution in [1.29, 1.82) is 0 Å². The first-order valence-electron chi connectivity index (χ1n) is 10.1. The van der Waals surface area contributed by atoms with Crippen molar-refractivity contribution in [2.45, 2.75) is 39.0 Å². The fourth-order valence-corrected chi connectivity index (χ4v) is 4.00. The first-order valence-corrected chi connectivity index (χ1v) is 10.1. The van der Waals surface area contributed by atoms with Crippen LogP contribution in [0.2, 0.25) is 0 Å². The van der Waals surface area contributed by atoms with Gasteiger partial charge in [-0.2, -0.15) is 0 Å². The van der Waals surface area contributed by atoms with Crippen LogP contribution < -0.4 is 0 Å². The van der Waals surface area contributed by atoms with Crippen molar-refractivity contribution < 1.29 is 18.7 Å². The summed E-state index contributed by atoms with van der Waals surface area (Å²) in [6.07, 6.45) is 1.82. The summed E-state index contributed by atoms with van der Waals surface area (Å²) < 4.78 is 18.5. The van der Waals surface area contributed by atoms with E-state index in [1.54, 1.807) is 25.1 Å². The molecule has 0 unspecified atom stereocenters. The number of nitrogens with zero attached hydrogens (tertiary/aromatic N) is 2. The van der Waals surface area contributed by atoms with Crippen LogP contribution in [0.3, 0.4) is 0 Å². The molecule has 29 heavy (non-hydrogen) atoms. The molecule has 1 saturated heterocycles. The van der Waals surface area contributed by atoms with Gasteiger partial charge in [0.2, 0.25) is 0 Å². The highest BCUT2D eigenvalue weighted by Gasteiger charge is 2.31. The van der Waals surface area contributed by atoms with E-state index in [0.29, 0.717) is 25.4 Å². The van der Waals surface area contributed by atoms with Crippen LogP contribution in [0.1, 0.15) is 53.8 Å². The molecule has 1 fully saturated rings. The Morgan fingerprint density at radius 3 is 2.48 bits per heavy atom. The molecule has 1 aliphatic rings. The van der Waals surface area contributed by atoms with E-state index in [2.05, 4.69) is 4.98 Å². The number of rotatable bonds is 6. The Morgan fingerprint density at radius 2 is 1.86 bits per heavy atom. The molecule has 1 aromatic carbocycles. The third-order valence-corrected chi connectivity index (χ3v) is 5.49. The molecule has 0 aliphatic carbocycles. The number of halogens is 1. The molecule has 0 N–H and O–H groups in total. The highest BCUT2D eigenvalue weighted by molar-refractivity contribution is 5.92. The van der Waals surface area contributed by atoms with Crippen LogP contribution in [0, 0.1) is 18.7 Å². The summed E-state index contributed by atoms with van der Waals surface area (Å²) in [6.45, 7) is 5.21. The summed E-state index contributed by atoms with van der Waals surface area (Å²) in [5.41, 5.74) is 2.21. The SMILES string of the molecule is CCOC(=O)C[C@H](c1ccc(F)cc1)C1CCN(C(=O)c2cccc(C)n2)CC1. The Morgan fingerprint density at radius 1 is 1.17 bits per heavy atom. The predicted molar refractivity (Wildman–Crippen MR) is 108 cm³/mol. The smallest absolute Gasteiger partial charge is 0.306 e. The van der Waals surface area contributed by atoms with Gasteiger partial charge in [0.05, 0.1) is 13.0 Å². The number of hydrogen-bond donors (Lipinski definition) is 0. The van der Waals surface area contributed by atoms with Crippen molar-refractivity contribution in [3.63, 3.8) is 0 Å². The minimum Gasteiger partial charge on any atom is -0.466 e. The van der Waals surface area contributed by atoms with Crippen molar-refractivity contribution in [2.24, 2.45) is 5.92 Å². The van der Waals surface area contributed by atoms with Crippen LogP contribution in [0.25, 0.3) is 0 Å². The Hall–Kier alpha value is -2.76. The number of esters is 1. The zero-order valence-electron chi connectivity index (χ0n) is 16.9. The summed E-state index contributed by atoms with van der Waals surface area (Å²) in [5, 5.41) is 0. The topological polar surface area (TPSA) is 59.5 Å². The average Bonchev–Trinajstić information content (AvgIpc) is 2.73. The van der Waals surface area contributed by atoms with Gasteiger partial charge in [-0.15, -0.1) is 0 Å². The lowest BCUT2D eigenvalue weighted by atomic mass is 9.78. The molecule has 1 amide bonds. The van der Waals surface area contributed by atoms with Gasteiger partial charge in [0, 0.05) is 18.8 Å². The molecule has 6 heteroatoms. The Labute approximate surface area is 170 Å². The number of aromatic nitrogens is 1. The average molecular weight is 398 g/mol. The van der Waals surface area contributed by atoms with E-state index >= 15 is 0 Å². The number of amides is 1. The number of likely N-dealkylation sites (tertiary alicyclic amines) is 1. The van der Waals surface area contributed by atoms with Crippen LogP contribution in [0.15, 0.2) is 42.5 Å². The number of hydrogen-bond acceptors (Lipinski definition) is 4. The highest BCUT2D eigenvalue weighted by Crippen LogP contribution is 2.36. The van der Waals surface area contributed by atoms with Gasteiger partial charge >= 0.3 is 5.97 Å². The number of aryl methyl sites for hydroxylation is 1. The second-order valence-corrected chi connectivity index (χ2v) is 7.46. The molecule has 154 valence electrons. The van der Waals surface area contributed by atoms with Crippen molar-refractivity contribution in [2.75, 3.05) is 19.7 Å². The summed E-state index contributed by atoms with van der Waals surface area (Å²) in [4.78, 5) is 31.1. The molecule has 3 rings (SSSR count). The molecule has 1 atom stereocenters. The van der Waals surface area contributed by atoms with Crippen LogP contribution in [-0.4, -0.2) is 41.5 Å². The van der Waals surface area contributed by atoms with Gasteiger partial charge in [-0.25, -0.2) is 9.37 Å². The molecular formula is C23H27FN2O3. The van der Waals surface area contributed by atoms with Crippen LogP contribution >= 0.6 is 0 Å². The summed E-state index contributed by atoms with van der Waals surface area (Å²) in [7, 11) is 0. The number of pyridine rings is 1. The quantitative estimate of drug-likeness (QED) is 0.687. The van der Waals surface area contributed by atoms with Gasteiger partial charge in [0.25, 0.3) is 5.91 Å². The number of ether oxygens (including phenoxy) is 1. The lowest BCUT2D eigenvalue weighted by Crippen LogP contribution is -2.40. The molecule has 2 aromatic rings. The molecule has 0 bridgehead atoms. The van der Waals surface area contributed by atoms with Crippen molar-refractivity contribution in [1.82, 2.24) is 9.88 Å². The second kappa shape index (κ2) is 9.63. The Balaban J connectivity index is 1.69. The van der Waals surface area contributed by atoms with Crippen LogP contribution in [-0.2, 0) is 9.53 Å². The predicted octanol–water partition coefficient (Wildman–Crippen LogP) is 4.12.